The van der Waals surface area contributed by atoms with Gasteiger partial charge in [0.25, 0.3) is 0 Å². The molecule has 0 spiro atoms. The SMILES string of the molecule is Nc1nc(C2CCOCC2)nc2[nH]cc(-c3ccc4c(C(=O)O)cccc4c3)c12. The van der Waals surface area contributed by atoms with E-state index in [1.165, 1.54) is 0 Å². The number of nitrogens with one attached hydrogen (secondary N) is 1. The van der Waals surface area contributed by atoms with Crippen LogP contribution in [0.3, 0.4) is 0 Å². The number of benzene rings is 2. The van der Waals surface area contributed by atoms with Crippen molar-refractivity contribution in [2.75, 3.05) is 18.9 Å². The quantitative estimate of drug-likeness (QED) is 0.490. The predicted octanol–water partition coefficient (Wildman–Crippen LogP) is 3.95. The second-order valence-electron chi connectivity index (χ2n) is 7.33. The minimum atomic E-state index is -0.936. The Balaban J connectivity index is 1.61. The summed E-state index contributed by atoms with van der Waals surface area (Å²) in [6, 6.07) is 11.0. The van der Waals surface area contributed by atoms with Gasteiger partial charge in [-0.2, -0.15) is 0 Å². The molecule has 29 heavy (non-hydrogen) atoms. The minimum Gasteiger partial charge on any atom is -0.478 e. The van der Waals surface area contributed by atoms with Crippen LogP contribution in [-0.4, -0.2) is 39.2 Å². The number of ether oxygens (including phenoxy) is 1. The monoisotopic (exact) mass is 388 g/mol. The fourth-order valence-electron chi connectivity index (χ4n) is 4.08. The van der Waals surface area contributed by atoms with Crippen molar-refractivity contribution < 1.29 is 14.6 Å². The highest BCUT2D eigenvalue weighted by atomic mass is 16.5. The number of aromatic carboxylic acids is 1. The Kier molecular flexibility index (Phi) is 4.17. The first-order chi connectivity index (χ1) is 14.1. The van der Waals surface area contributed by atoms with Crippen molar-refractivity contribution in [3.63, 3.8) is 0 Å². The summed E-state index contributed by atoms with van der Waals surface area (Å²) in [6.07, 6.45) is 3.68. The van der Waals surface area contributed by atoms with E-state index in [1.54, 1.807) is 12.1 Å². The Hall–Kier alpha value is -3.45. The lowest BCUT2D eigenvalue weighted by Gasteiger charge is -2.20. The number of carboxylic acids is 1. The van der Waals surface area contributed by atoms with E-state index in [-0.39, 0.29) is 11.5 Å². The number of anilines is 1. The highest BCUT2D eigenvalue weighted by molar-refractivity contribution is 6.06. The van der Waals surface area contributed by atoms with Crippen molar-refractivity contribution in [2.45, 2.75) is 18.8 Å². The summed E-state index contributed by atoms with van der Waals surface area (Å²) in [4.78, 5) is 24.0. The fraction of sp³-hybridized carbons (Fsp3) is 0.227. The Morgan fingerprint density at radius 1 is 1.17 bits per heavy atom. The van der Waals surface area contributed by atoms with Gasteiger partial charge in [0.15, 0.2) is 0 Å². The van der Waals surface area contributed by atoms with Crippen LogP contribution in [0.15, 0.2) is 42.6 Å². The molecule has 146 valence electrons. The van der Waals surface area contributed by atoms with Crippen LogP contribution in [0.25, 0.3) is 32.9 Å². The molecule has 0 bridgehead atoms. The van der Waals surface area contributed by atoms with Crippen LogP contribution in [0.4, 0.5) is 5.82 Å². The third-order valence-electron chi connectivity index (χ3n) is 5.59. The summed E-state index contributed by atoms with van der Waals surface area (Å²) in [5, 5.41) is 11.7. The van der Waals surface area contributed by atoms with E-state index in [4.69, 9.17) is 15.5 Å². The first-order valence-electron chi connectivity index (χ1n) is 9.60. The summed E-state index contributed by atoms with van der Waals surface area (Å²) in [5.74, 6) is 0.537. The zero-order valence-corrected chi connectivity index (χ0v) is 15.7. The van der Waals surface area contributed by atoms with Crippen LogP contribution in [0.1, 0.15) is 34.9 Å². The molecule has 4 aromatic rings. The molecule has 0 saturated carbocycles. The maximum Gasteiger partial charge on any atom is 0.336 e. The molecular formula is C22H20N4O3. The molecule has 1 fully saturated rings. The lowest BCUT2D eigenvalue weighted by atomic mass is 9.98. The molecule has 7 nitrogen and oxygen atoms in total. The molecule has 0 atom stereocenters. The van der Waals surface area contributed by atoms with E-state index < -0.39 is 5.97 Å². The van der Waals surface area contributed by atoms with Gasteiger partial charge >= 0.3 is 5.97 Å². The summed E-state index contributed by atoms with van der Waals surface area (Å²) >= 11 is 0. The van der Waals surface area contributed by atoms with E-state index >= 15 is 0 Å². The van der Waals surface area contributed by atoms with Crippen molar-refractivity contribution in [3.05, 3.63) is 54.0 Å². The number of nitrogens with zero attached hydrogens (tertiary/aromatic N) is 2. The van der Waals surface area contributed by atoms with Crippen LogP contribution in [-0.2, 0) is 4.74 Å². The predicted molar refractivity (Wildman–Crippen MR) is 111 cm³/mol. The molecule has 1 saturated heterocycles. The molecule has 1 aliphatic heterocycles. The van der Waals surface area contributed by atoms with Crippen LogP contribution >= 0.6 is 0 Å². The largest absolute Gasteiger partial charge is 0.478 e. The number of hydrogen-bond donors (Lipinski definition) is 3. The number of rotatable bonds is 3. The van der Waals surface area contributed by atoms with E-state index in [9.17, 15) is 9.90 Å². The Labute approximate surface area is 166 Å². The number of aromatic nitrogens is 3. The summed E-state index contributed by atoms with van der Waals surface area (Å²) in [5.41, 5.74) is 9.18. The van der Waals surface area contributed by atoms with Crippen molar-refractivity contribution in [1.82, 2.24) is 15.0 Å². The topological polar surface area (TPSA) is 114 Å². The molecule has 0 amide bonds. The first-order valence-corrected chi connectivity index (χ1v) is 9.60. The van der Waals surface area contributed by atoms with Gasteiger partial charge in [-0.3, -0.25) is 0 Å². The summed E-state index contributed by atoms with van der Waals surface area (Å²) in [7, 11) is 0. The molecule has 7 heteroatoms. The van der Waals surface area contributed by atoms with E-state index in [1.807, 2.05) is 30.5 Å². The van der Waals surface area contributed by atoms with Gasteiger partial charge in [-0.15, -0.1) is 0 Å². The lowest BCUT2D eigenvalue weighted by Crippen LogP contribution is -2.17. The molecule has 0 radical (unpaired) electrons. The maximum atomic E-state index is 11.5. The van der Waals surface area contributed by atoms with Gasteiger partial charge in [-0.1, -0.05) is 24.3 Å². The van der Waals surface area contributed by atoms with E-state index in [0.29, 0.717) is 16.9 Å². The number of carboxylic acid groups (broad SMARTS) is 1. The molecule has 2 aromatic heterocycles. The number of nitrogen functional groups attached to an aromatic ring is 1. The first kappa shape index (κ1) is 17.6. The van der Waals surface area contributed by atoms with Crippen molar-refractivity contribution in [3.8, 4) is 11.1 Å². The smallest absolute Gasteiger partial charge is 0.336 e. The van der Waals surface area contributed by atoms with Gasteiger partial charge in [0.05, 0.1) is 10.9 Å². The second kappa shape index (κ2) is 6.86. The number of H-pyrrole nitrogens is 1. The van der Waals surface area contributed by atoms with Gasteiger partial charge in [-0.05, 0) is 41.3 Å². The standard InChI is InChI=1S/C22H20N4O3/c23-19-18-17(11-24-21(18)26-20(25-19)12-6-8-29-9-7-12)14-4-5-15-13(10-14)2-1-3-16(15)22(27)28/h1-5,10-12H,6-9H2,(H,27,28)(H3,23,24,25,26). The van der Waals surface area contributed by atoms with Crippen LogP contribution in [0.2, 0.25) is 0 Å². The Morgan fingerprint density at radius 2 is 2.00 bits per heavy atom. The number of hydrogen-bond acceptors (Lipinski definition) is 5. The second-order valence-corrected chi connectivity index (χ2v) is 7.33. The van der Waals surface area contributed by atoms with Crippen molar-refractivity contribution >= 4 is 33.6 Å². The molecule has 0 unspecified atom stereocenters. The number of aromatic amines is 1. The molecule has 0 aliphatic carbocycles. The number of fused-ring (bicyclic) bond motifs is 2. The van der Waals surface area contributed by atoms with Gasteiger partial charge in [-0.25, -0.2) is 14.8 Å². The highest BCUT2D eigenvalue weighted by Gasteiger charge is 2.22. The molecule has 5 rings (SSSR count). The molecule has 4 N–H and O–H groups in total. The fourth-order valence-corrected chi connectivity index (χ4v) is 4.08. The molecular weight excluding hydrogens is 368 g/mol. The van der Waals surface area contributed by atoms with Gasteiger partial charge < -0.3 is 20.6 Å². The third-order valence-corrected chi connectivity index (χ3v) is 5.59. The minimum absolute atomic E-state index is 0.261. The van der Waals surface area contributed by atoms with E-state index in [2.05, 4.69) is 9.97 Å². The number of nitrogens with two attached hydrogens (primary N) is 1. The van der Waals surface area contributed by atoms with E-state index in [0.717, 1.165) is 53.8 Å². The van der Waals surface area contributed by atoms with Crippen LogP contribution in [0, 0.1) is 0 Å². The summed E-state index contributed by atoms with van der Waals surface area (Å²) in [6.45, 7) is 1.44. The summed E-state index contributed by atoms with van der Waals surface area (Å²) < 4.78 is 5.43. The highest BCUT2D eigenvalue weighted by Crippen LogP contribution is 2.35. The molecule has 3 heterocycles. The normalized spacial score (nSPS) is 15.2. The number of carbonyl (C=O) groups is 1. The van der Waals surface area contributed by atoms with Crippen molar-refractivity contribution in [2.24, 2.45) is 0 Å². The van der Waals surface area contributed by atoms with Crippen LogP contribution in [0.5, 0.6) is 0 Å². The third kappa shape index (κ3) is 3.00. The molecule has 2 aromatic carbocycles. The Bertz CT molecular complexity index is 1240. The zero-order valence-electron chi connectivity index (χ0n) is 15.7. The van der Waals surface area contributed by atoms with Gasteiger partial charge in [0.2, 0.25) is 0 Å². The Morgan fingerprint density at radius 3 is 2.79 bits per heavy atom. The zero-order chi connectivity index (χ0) is 20.0. The van der Waals surface area contributed by atoms with Gasteiger partial charge in [0, 0.05) is 30.9 Å². The lowest BCUT2D eigenvalue weighted by molar-refractivity contribution is 0.0699. The molecule has 1 aliphatic rings. The maximum absolute atomic E-state index is 11.5. The van der Waals surface area contributed by atoms with Crippen molar-refractivity contribution in [1.29, 1.82) is 0 Å². The average Bonchev–Trinajstić information content (AvgIpc) is 3.18. The van der Waals surface area contributed by atoms with Gasteiger partial charge in [0.1, 0.15) is 17.3 Å². The van der Waals surface area contributed by atoms with Crippen LogP contribution < -0.4 is 5.73 Å². The average molecular weight is 388 g/mol.